The maximum absolute atomic E-state index is 12.4. The van der Waals surface area contributed by atoms with Crippen molar-refractivity contribution in [3.8, 4) is 0 Å². The van der Waals surface area contributed by atoms with E-state index in [1.807, 2.05) is 10.8 Å². The van der Waals surface area contributed by atoms with Crippen LogP contribution in [-0.2, 0) is 21.3 Å². The second kappa shape index (κ2) is 6.42. The zero-order valence-corrected chi connectivity index (χ0v) is 14.2. The fourth-order valence-corrected chi connectivity index (χ4v) is 4.69. The SMILES string of the molecule is COC(=O)c1sccc1S(=O)(=O)NCCn1ccnc1C1CC1. The number of ether oxygens (including phenoxy) is 1. The van der Waals surface area contributed by atoms with Crippen LogP contribution in [0.4, 0.5) is 0 Å². The van der Waals surface area contributed by atoms with Gasteiger partial charge in [-0.25, -0.2) is 22.9 Å². The molecule has 1 aliphatic rings. The number of sulfonamides is 1. The summed E-state index contributed by atoms with van der Waals surface area (Å²) in [5.41, 5.74) is 0. The molecule has 2 heterocycles. The van der Waals surface area contributed by atoms with Gasteiger partial charge in [-0.15, -0.1) is 11.3 Å². The molecule has 0 bridgehead atoms. The summed E-state index contributed by atoms with van der Waals surface area (Å²) in [5, 5.41) is 1.56. The van der Waals surface area contributed by atoms with E-state index in [-0.39, 0.29) is 16.3 Å². The maximum Gasteiger partial charge on any atom is 0.349 e. The first kappa shape index (κ1) is 16.2. The molecular weight excluding hydrogens is 338 g/mol. The molecule has 2 aromatic rings. The zero-order chi connectivity index (χ0) is 16.4. The molecule has 1 N–H and O–H groups in total. The second-order valence-electron chi connectivity index (χ2n) is 5.26. The van der Waals surface area contributed by atoms with E-state index in [1.165, 1.54) is 13.2 Å². The van der Waals surface area contributed by atoms with E-state index in [1.54, 1.807) is 11.6 Å². The number of carbonyl (C=O) groups excluding carboxylic acids is 1. The van der Waals surface area contributed by atoms with Gasteiger partial charge in [0.1, 0.15) is 15.6 Å². The predicted octanol–water partition coefficient (Wildman–Crippen LogP) is 1.59. The maximum atomic E-state index is 12.4. The largest absolute Gasteiger partial charge is 0.465 e. The molecule has 0 amide bonds. The molecule has 0 aliphatic heterocycles. The molecule has 9 heteroatoms. The van der Waals surface area contributed by atoms with Crippen LogP contribution < -0.4 is 4.72 Å². The minimum Gasteiger partial charge on any atom is -0.465 e. The van der Waals surface area contributed by atoms with Gasteiger partial charge in [-0.3, -0.25) is 0 Å². The number of thiophene rings is 1. The van der Waals surface area contributed by atoms with Gasteiger partial charge in [0, 0.05) is 31.4 Å². The van der Waals surface area contributed by atoms with Crippen molar-refractivity contribution in [1.29, 1.82) is 0 Å². The molecule has 1 aliphatic carbocycles. The van der Waals surface area contributed by atoms with Gasteiger partial charge in [0.05, 0.1) is 7.11 Å². The third-order valence-corrected chi connectivity index (χ3v) is 6.15. The Morgan fingerprint density at radius 2 is 2.30 bits per heavy atom. The summed E-state index contributed by atoms with van der Waals surface area (Å²) < 4.78 is 33.8. The lowest BCUT2D eigenvalue weighted by Crippen LogP contribution is -2.28. The summed E-state index contributed by atoms with van der Waals surface area (Å²) >= 11 is 1.05. The number of imidazole rings is 1. The highest BCUT2D eigenvalue weighted by molar-refractivity contribution is 7.89. The van der Waals surface area contributed by atoms with Crippen LogP contribution in [-0.4, -0.2) is 37.6 Å². The van der Waals surface area contributed by atoms with E-state index in [2.05, 4.69) is 14.4 Å². The average Bonchev–Trinajstić information content (AvgIpc) is 3.06. The van der Waals surface area contributed by atoms with E-state index in [0.717, 1.165) is 30.0 Å². The summed E-state index contributed by atoms with van der Waals surface area (Å²) in [5.74, 6) is 0.866. The van der Waals surface area contributed by atoms with Gasteiger partial charge in [-0.2, -0.15) is 0 Å². The van der Waals surface area contributed by atoms with Crippen LogP contribution in [0.25, 0.3) is 0 Å². The summed E-state index contributed by atoms with van der Waals surface area (Å²) in [7, 11) is -2.52. The molecule has 1 saturated carbocycles. The Labute approximate surface area is 138 Å². The van der Waals surface area contributed by atoms with E-state index < -0.39 is 16.0 Å². The van der Waals surface area contributed by atoms with Crippen LogP contribution in [0.5, 0.6) is 0 Å². The van der Waals surface area contributed by atoms with Gasteiger partial charge in [0.15, 0.2) is 0 Å². The van der Waals surface area contributed by atoms with Crippen molar-refractivity contribution in [2.45, 2.75) is 30.2 Å². The Balaban J connectivity index is 1.66. The van der Waals surface area contributed by atoms with E-state index >= 15 is 0 Å². The third-order valence-electron chi connectivity index (χ3n) is 3.62. The fourth-order valence-electron chi connectivity index (χ4n) is 2.34. The number of aromatic nitrogens is 2. The normalized spacial score (nSPS) is 14.8. The standard InChI is InChI=1S/C14H17N3O4S2/c1-21-14(18)12-11(4-9-22-12)23(19,20)16-6-8-17-7-5-15-13(17)10-2-3-10/h4-5,7,9-10,16H,2-3,6,8H2,1H3. The van der Waals surface area contributed by atoms with Crippen molar-refractivity contribution in [1.82, 2.24) is 14.3 Å². The van der Waals surface area contributed by atoms with Gasteiger partial charge in [0.2, 0.25) is 10.0 Å². The van der Waals surface area contributed by atoms with Crippen LogP contribution in [0.1, 0.15) is 34.3 Å². The second-order valence-corrected chi connectivity index (χ2v) is 7.91. The molecule has 0 saturated heterocycles. The van der Waals surface area contributed by atoms with E-state index in [0.29, 0.717) is 12.5 Å². The lowest BCUT2D eigenvalue weighted by Gasteiger charge is -2.09. The lowest BCUT2D eigenvalue weighted by atomic mass is 10.4. The van der Waals surface area contributed by atoms with E-state index in [4.69, 9.17) is 0 Å². The van der Waals surface area contributed by atoms with Crippen LogP contribution >= 0.6 is 11.3 Å². The molecule has 3 rings (SSSR count). The molecule has 2 aromatic heterocycles. The summed E-state index contributed by atoms with van der Waals surface area (Å²) in [6.07, 6.45) is 5.86. The number of nitrogens with one attached hydrogen (secondary N) is 1. The monoisotopic (exact) mass is 355 g/mol. The van der Waals surface area contributed by atoms with Gasteiger partial charge in [-0.05, 0) is 24.3 Å². The van der Waals surface area contributed by atoms with Crippen LogP contribution in [0.2, 0.25) is 0 Å². The number of carbonyl (C=O) groups is 1. The average molecular weight is 355 g/mol. The topological polar surface area (TPSA) is 90.3 Å². The Morgan fingerprint density at radius 3 is 3.00 bits per heavy atom. The minimum atomic E-state index is -3.75. The number of nitrogens with zero attached hydrogens (tertiary/aromatic N) is 2. The molecule has 124 valence electrons. The molecule has 0 radical (unpaired) electrons. The first-order valence-electron chi connectivity index (χ1n) is 7.19. The Kier molecular flexibility index (Phi) is 4.51. The Bertz CT molecular complexity index is 806. The van der Waals surface area contributed by atoms with Crippen molar-refractivity contribution >= 4 is 27.3 Å². The molecule has 0 atom stereocenters. The van der Waals surface area contributed by atoms with Gasteiger partial charge < -0.3 is 9.30 Å². The van der Waals surface area contributed by atoms with Crippen molar-refractivity contribution < 1.29 is 17.9 Å². The molecule has 0 spiro atoms. The van der Waals surface area contributed by atoms with Crippen molar-refractivity contribution in [3.63, 3.8) is 0 Å². The highest BCUT2D eigenvalue weighted by atomic mass is 32.2. The summed E-state index contributed by atoms with van der Waals surface area (Å²) in [4.78, 5) is 16.0. The van der Waals surface area contributed by atoms with Crippen molar-refractivity contribution in [2.24, 2.45) is 0 Å². The molecule has 0 aromatic carbocycles. The van der Waals surface area contributed by atoms with Crippen LogP contribution in [0.3, 0.4) is 0 Å². The van der Waals surface area contributed by atoms with E-state index in [9.17, 15) is 13.2 Å². The van der Waals surface area contributed by atoms with Crippen LogP contribution in [0, 0.1) is 0 Å². The summed E-state index contributed by atoms with van der Waals surface area (Å²) in [6, 6.07) is 1.41. The fraction of sp³-hybridized carbons (Fsp3) is 0.429. The highest BCUT2D eigenvalue weighted by Crippen LogP contribution is 2.38. The third kappa shape index (κ3) is 3.46. The first-order chi connectivity index (χ1) is 11.0. The number of hydrogen-bond donors (Lipinski definition) is 1. The zero-order valence-electron chi connectivity index (χ0n) is 12.6. The predicted molar refractivity (Wildman–Crippen MR) is 85.0 cm³/mol. The van der Waals surface area contributed by atoms with Crippen LogP contribution in [0.15, 0.2) is 28.7 Å². The number of hydrogen-bond acceptors (Lipinski definition) is 6. The molecule has 0 unspecified atom stereocenters. The lowest BCUT2D eigenvalue weighted by molar-refractivity contribution is 0.0602. The van der Waals surface area contributed by atoms with Crippen molar-refractivity contribution in [3.05, 3.63) is 34.5 Å². The van der Waals surface area contributed by atoms with Gasteiger partial charge in [-0.1, -0.05) is 0 Å². The Hall–Kier alpha value is -1.71. The first-order valence-corrected chi connectivity index (χ1v) is 9.55. The quantitative estimate of drug-likeness (QED) is 0.762. The summed E-state index contributed by atoms with van der Waals surface area (Å²) in [6.45, 7) is 0.734. The highest BCUT2D eigenvalue weighted by Gasteiger charge is 2.28. The van der Waals surface area contributed by atoms with Gasteiger partial charge in [0.25, 0.3) is 0 Å². The number of esters is 1. The number of methoxy groups -OCH3 is 1. The van der Waals surface area contributed by atoms with Crippen molar-refractivity contribution in [2.75, 3.05) is 13.7 Å². The molecule has 1 fully saturated rings. The smallest absolute Gasteiger partial charge is 0.349 e. The molecular formula is C14H17N3O4S2. The molecule has 7 nitrogen and oxygen atoms in total. The van der Waals surface area contributed by atoms with Gasteiger partial charge >= 0.3 is 5.97 Å². The minimum absolute atomic E-state index is 0.0394. The number of rotatable bonds is 7. The Morgan fingerprint density at radius 1 is 1.52 bits per heavy atom. The molecule has 23 heavy (non-hydrogen) atoms.